The van der Waals surface area contributed by atoms with E-state index in [0.29, 0.717) is 56.8 Å². The van der Waals surface area contributed by atoms with Crippen LogP contribution in [0.3, 0.4) is 0 Å². The summed E-state index contributed by atoms with van der Waals surface area (Å²) in [4.78, 5) is 35.2. The molecule has 1 saturated carbocycles. The molecule has 10 heteroatoms. The van der Waals surface area contributed by atoms with Crippen LogP contribution in [0.2, 0.25) is 0 Å². The number of carbonyl (C=O) groups is 2. The quantitative estimate of drug-likeness (QED) is 0.104. The molecule has 45 heavy (non-hydrogen) atoms. The summed E-state index contributed by atoms with van der Waals surface area (Å²) in [5.41, 5.74) is 2.41. The smallest absolute Gasteiger partial charge is 0.278 e. The largest absolute Gasteiger partial charge is 0.379 e. The zero-order valence-electron chi connectivity index (χ0n) is 27.0. The van der Waals surface area contributed by atoms with E-state index in [4.69, 9.17) is 35.5 Å². The number of hydrogen-bond acceptors (Lipinski definition) is 8. The van der Waals surface area contributed by atoms with E-state index in [1.807, 2.05) is 66.4 Å². The van der Waals surface area contributed by atoms with Crippen LogP contribution >= 0.6 is 11.6 Å². The Morgan fingerprint density at radius 1 is 0.956 bits per heavy atom. The Morgan fingerprint density at radius 2 is 1.62 bits per heavy atom. The summed E-state index contributed by atoms with van der Waals surface area (Å²) in [7, 11) is 3.99. The molecule has 9 nitrogen and oxygen atoms in total. The summed E-state index contributed by atoms with van der Waals surface area (Å²) in [6, 6.07) is 8.02. The molecule has 0 spiro atoms. The monoisotopic (exact) mass is 643 g/mol. The predicted octanol–water partition coefficient (Wildman–Crippen LogP) is 6.00. The molecule has 0 bridgehead atoms. The molecule has 1 aromatic carbocycles. The summed E-state index contributed by atoms with van der Waals surface area (Å²) in [5, 5.41) is 0. The minimum Gasteiger partial charge on any atom is -0.379 e. The first-order valence-corrected chi connectivity index (χ1v) is 17.1. The third-order valence-electron chi connectivity index (χ3n) is 8.46. The van der Waals surface area contributed by atoms with Crippen molar-refractivity contribution < 1.29 is 28.5 Å². The average molecular weight is 644 g/mol. The van der Waals surface area contributed by atoms with Crippen LogP contribution in [0.5, 0.6) is 0 Å². The minimum absolute atomic E-state index is 0.0129. The second kappa shape index (κ2) is 19.2. The summed E-state index contributed by atoms with van der Waals surface area (Å²) >= 11 is 5.69. The number of unbranched alkanes of at least 4 members (excludes halogenated alkanes) is 3. The molecule has 0 unspecified atom stereocenters. The Hall–Kier alpha value is -2.56. The van der Waals surface area contributed by atoms with E-state index < -0.39 is 6.29 Å². The highest BCUT2D eigenvalue weighted by Crippen LogP contribution is 2.33. The van der Waals surface area contributed by atoms with E-state index in [-0.39, 0.29) is 17.9 Å². The number of aliphatic imine (C=N–C) groups is 1. The van der Waals surface area contributed by atoms with Gasteiger partial charge in [-0.25, -0.2) is 4.99 Å². The van der Waals surface area contributed by atoms with Gasteiger partial charge < -0.3 is 23.8 Å². The first kappa shape index (κ1) is 35.3. The Labute approximate surface area is 273 Å². The summed E-state index contributed by atoms with van der Waals surface area (Å²) in [5.74, 6) is 1.54. The van der Waals surface area contributed by atoms with Crippen LogP contribution in [0, 0.1) is 5.92 Å². The number of ketones is 1. The van der Waals surface area contributed by atoms with Gasteiger partial charge in [0.05, 0.1) is 26.4 Å². The van der Waals surface area contributed by atoms with Gasteiger partial charge in [-0.15, -0.1) is 11.6 Å². The van der Waals surface area contributed by atoms with Gasteiger partial charge in [-0.2, -0.15) is 0 Å². The molecule has 1 saturated heterocycles. The number of benzene rings is 1. The van der Waals surface area contributed by atoms with Crippen molar-refractivity contribution >= 4 is 40.9 Å². The lowest BCUT2D eigenvalue weighted by Gasteiger charge is -2.34. The third kappa shape index (κ3) is 11.3. The number of ether oxygens (including phenoxy) is 4. The predicted molar refractivity (Wildman–Crippen MR) is 179 cm³/mol. The maximum Gasteiger partial charge on any atom is 0.278 e. The van der Waals surface area contributed by atoms with Gasteiger partial charge in [0.2, 0.25) is 0 Å². The molecular weight excluding hydrogens is 594 g/mol. The van der Waals surface area contributed by atoms with E-state index in [1.54, 1.807) is 0 Å². The standard InChI is InChI=1S/C35H50ClN3O6/c1-38(2)29-13-9-27(10-14-29)26-31-35(41)39(33(37-31)17-18-34-44-24-25-45-34)30-15-11-28(12-16-30)32(40)8-7-21-43-23-22-42-20-6-4-3-5-19-36/h9-10,13-14,17-18,26,28,30,34H,3-8,11-12,15-16,19-25H2,1-2H3/b18-17+,31-26-. The Kier molecular flexibility index (Phi) is 15.0. The highest BCUT2D eigenvalue weighted by molar-refractivity contribution is 6.18. The van der Waals surface area contributed by atoms with E-state index >= 15 is 0 Å². The number of anilines is 1. The van der Waals surface area contributed by atoms with Crippen LogP contribution < -0.4 is 4.90 Å². The third-order valence-corrected chi connectivity index (χ3v) is 8.72. The normalized spacial score (nSPS) is 21.8. The number of amidine groups is 1. The number of Topliss-reactive ketones (excluding diaryl/α,β-unsaturated/α-hetero) is 1. The first-order valence-electron chi connectivity index (χ1n) is 16.5. The molecule has 1 aliphatic carbocycles. The lowest BCUT2D eigenvalue weighted by molar-refractivity contribution is -0.126. The van der Waals surface area contributed by atoms with Gasteiger partial charge in [-0.1, -0.05) is 25.0 Å². The van der Waals surface area contributed by atoms with Crippen molar-refractivity contribution in [1.82, 2.24) is 4.90 Å². The minimum atomic E-state index is -0.433. The van der Waals surface area contributed by atoms with Gasteiger partial charge >= 0.3 is 0 Å². The molecule has 4 rings (SSSR count). The van der Waals surface area contributed by atoms with Gasteiger partial charge in [-0.3, -0.25) is 14.5 Å². The van der Waals surface area contributed by atoms with Crippen molar-refractivity contribution in [3.05, 3.63) is 47.7 Å². The lowest BCUT2D eigenvalue weighted by Crippen LogP contribution is -2.43. The number of nitrogens with zero attached hydrogens (tertiary/aromatic N) is 3. The Balaban J connectivity index is 1.23. The molecule has 0 aromatic heterocycles. The van der Waals surface area contributed by atoms with Crippen LogP contribution in [0.25, 0.3) is 6.08 Å². The lowest BCUT2D eigenvalue weighted by atomic mass is 9.81. The fraction of sp³-hybridized carbons (Fsp3) is 0.629. The highest BCUT2D eigenvalue weighted by atomic mass is 35.5. The molecule has 3 aliphatic rings. The summed E-state index contributed by atoms with van der Waals surface area (Å²) in [6.07, 6.45) is 13.8. The van der Waals surface area contributed by atoms with Gasteiger partial charge in [-0.05, 0) is 80.9 Å². The van der Waals surface area contributed by atoms with Crippen molar-refractivity contribution in [2.24, 2.45) is 10.9 Å². The number of carbonyl (C=O) groups excluding carboxylic acids is 2. The molecule has 0 N–H and O–H groups in total. The molecule has 0 radical (unpaired) electrons. The molecule has 248 valence electrons. The van der Waals surface area contributed by atoms with Crippen LogP contribution in [0.15, 0.2) is 47.1 Å². The van der Waals surface area contributed by atoms with E-state index in [0.717, 1.165) is 81.5 Å². The van der Waals surface area contributed by atoms with Gasteiger partial charge in [0.15, 0.2) is 6.29 Å². The van der Waals surface area contributed by atoms with Crippen molar-refractivity contribution in [3.63, 3.8) is 0 Å². The first-order chi connectivity index (χ1) is 22.0. The number of rotatable bonds is 19. The second-order valence-electron chi connectivity index (χ2n) is 12.0. The van der Waals surface area contributed by atoms with Crippen molar-refractivity contribution in [3.8, 4) is 0 Å². The second-order valence-corrected chi connectivity index (χ2v) is 12.4. The average Bonchev–Trinajstić information content (AvgIpc) is 3.68. The van der Waals surface area contributed by atoms with Crippen LogP contribution in [-0.2, 0) is 28.5 Å². The molecular formula is C35H50ClN3O6. The van der Waals surface area contributed by atoms with Crippen molar-refractivity contribution in [2.75, 3.05) is 64.5 Å². The van der Waals surface area contributed by atoms with Crippen LogP contribution in [0.4, 0.5) is 5.69 Å². The molecule has 2 heterocycles. The van der Waals surface area contributed by atoms with Crippen LogP contribution in [0.1, 0.15) is 69.8 Å². The summed E-state index contributed by atoms with van der Waals surface area (Å²) in [6.45, 7) is 3.56. The summed E-state index contributed by atoms with van der Waals surface area (Å²) < 4.78 is 22.4. The zero-order valence-corrected chi connectivity index (χ0v) is 27.7. The highest BCUT2D eigenvalue weighted by Gasteiger charge is 2.37. The topological polar surface area (TPSA) is 89.9 Å². The molecule has 2 fully saturated rings. The Bertz CT molecular complexity index is 1150. The number of halogens is 1. The number of amides is 1. The maximum atomic E-state index is 13.7. The molecule has 0 atom stereocenters. The van der Waals surface area contributed by atoms with Crippen LogP contribution in [-0.4, -0.2) is 94.4 Å². The van der Waals surface area contributed by atoms with Gasteiger partial charge in [0.1, 0.15) is 17.3 Å². The van der Waals surface area contributed by atoms with Gasteiger partial charge in [0, 0.05) is 57.3 Å². The number of hydrogen-bond donors (Lipinski definition) is 0. The van der Waals surface area contributed by atoms with Crippen molar-refractivity contribution in [1.29, 1.82) is 0 Å². The SMILES string of the molecule is CN(C)c1ccc(/C=C2N=C(/C=C/C3OCCO3)N(C3CCC(C(=O)CCCOCCOCCCCCCCl)CC3)C\2=O)cc1. The van der Waals surface area contributed by atoms with Gasteiger partial charge in [0.25, 0.3) is 5.91 Å². The zero-order chi connectivity index (χ0) is 31.9. The van der Waals surface area contributed by atoms with E-state index in [2.05, 4.69) is 0 Å². The van der Waals surface area contributed by atoms with E-state index in [1.165, 1.54) is 0 Å². The number of alkyl halides is 1. The molecule has 2 aliphatic heterocycles. The fourth-order valence-corrected chi connectivity index (χ4v) is 6.07. The Morgan fingerprint density at radius 3 is 2.29 bits per heavy atom. The molecule has 1 aromatic rings. The maximum absolute atomic E-state index is 13.7. The van der Waals surface area contributed by atoms with E-state index in [9.17, 15) is 9.59 Å². The fourth-order valence-electron chi connectivity index (χ4n) is 5.88. The van der Waals surface area contributed by atoms with Crippen molar-refractivity contribution in [2.45, 2.75) is 76.5 Å². The molecule has 1 amide bonds.